The zero-order valence-corrected chi connectivity index (χ0v) is 12.0. The number of esters is 1. The van der Waals surface area contributed by atoms with E-state index in [0.29, 0.717) is 13.0 Å². The van der Waals surface area contributed by atoms with Gasteiger partial charge in [0.25, 0.3) is 0 Å². The molecule has 76 valence electrons. The number of ether oxygens (including phenoxy) is 1. The molecule has 0 heterocycles. The first-order valence-electron chi connectivity index (χ1n) is 3.80. The van der Waals surface area contributed by atoms with Crippen molar-refractivity contribution in [3.8, 4) is 0 Å². The molecule has 0 radical (unpaired) electrons. The van der Waals surface area contributed by atoms with Gasteiger partial charge in [-0.2, -0.15) is 0 Å². The van der Waals surface area contributed by atoms with Crippen LogP contribution < -0.4 is 0 Å². The molecular formula is C8H11Br3O2. The van der Waals surface area contributed by atoms with Crippen molar-refractivity contribution in [3.63, 3.8) is 0 Å². The maximum absolute atomic E-state index is 11.3. The fourth-order valence-corrected chi connectivity index (χ4v) is 1.48. The van der Waals surface area contributed by atoms with Crippen molar-refractivity contribution in [1.29, 1.82) is 0 Å². The van der Waals surface area contributed by atoms with Gasteiger partial charge in [-0.05, 0) is 6.92 Å². The van der Waals surface area contributed by atoms with Crippen molar-refractivity contribution in [3.05, 3.63) is 12.2 Å². The van der Waals surface area contributed by atoms with Gasteiger partial charge in [0.15, 0.2) is 3.23 Å². The van der Waals surface area contributed by atoms with Gasteiger partial charge in [0.1, 0.15) is 0 Å². The molecule has 0 unspecified atom stereocenters. The first kappa shape index (κ1) is 13.7. The zero-order valence-electron chi connectivity index (χ0n) is 7.23. The Hall–Kier alpha value is 0.650. The first-order chi connectivity index (χ1) is 6.04. The van der Waals surface area contributed by atoms with Gasteiger partial charge in [-0.15, -0.1) is 0 Å². The summed E-state index contributed by atoms with van der Waals surface area (Å²) in [5, 5.41) is 0.784. The first-order valence-corrected chi connectivity index (χ1v) is 6.51. The van der Waals surface area contributed by atoms with Crippen molar-refractivity contribution in [2.45, 2.75) is 16.6 Å². The standard InChI is InChI=1S/C8H11Br3O2/c1-2-13-7(12)8(10,11)5-3-4-6-9/h3-4H,2,5-6H2,1H3/b4-3+. The molecule has 0 aromatic rings. The molecule has 0 amide bonds. The highest BCUT2D eigenvalue weighted by Gasteiger charge is 2.32. The van der Waals surface area contributed by atoms with Crippen LogP contribution in [-0.4, -0.2) is 21.1 Å². The summed E-state index contributed by atoms with van der Waals surface area (Å²) in [6.45, 7) is 2.17. The summed E-state index contributed by atoms with van der Waals surface area (Å²) in [7, 11) is 0. The Bertz CT molecular complexity index is 190. The molecule has 0 saturated carbocycles. The Morgan fingerprint density at radius 1 is 1.46 bits per heavy atom. The van der Waals surface area contributed by atoms with Gasteiger partial charge in [-0.1, -0.05) is 59.9 Å². The fourth-order valence-electron chi connectivity index (χ4n) is 0.614. The Balaban J connectivity index is 4.05. The summed E-state index contributed by atoms with van der Waals surface area (Å²) in [5.74, 6) is -0.297. The van der Waals surface area contributed by atoms with Crippen LogP contribution in [0.3, 0.4) is 0 Å². The second kappa shape index (κ2) is 7.01. The third-order valence-electron chi connectivity index (χ3n) is 1.20. The predicted molar refractivity (Wildman–Crippen MR) is 64.8 cm³/mol. The normalized spacial score (nSPS) is 12.0. The molecule has 0 rings (SSSR count). The number of alkyl halides is 3. The lowest BCUT2D eigenvalue weighted by Crippen LogP contribution is -2.26. The van der Waals surface area contributed by atoms with Gasteiger partial charge in [0, 0.05) is 11.8 Å². The van der Waals surface area contributed by atoms with Gasteiger partial charge in [0.05, 0.1) is 6.61 Å². The maximum Gasteiger partial charge on any atom is 0.334 e. The van der Waals surface area contributed by atoms with Crippen molar-refractivity contribution in [2.75, 3.05) is 11.9 Å². The number of carbonyl (C=O) groups excluding carboxylic acids is 1. The lowest BCUT2D eigenvalue weighted by molar-refractivity contribution is -0.142. The van der Waals surface area contributed by atoms with Crippen LogP contribution >= 0.6 is 47.8 Å². The summed E-state index contributed by atoms with van der Waals surface area (Å²) in [5.41, 5.74) is 0. The molecule has 5 heteroatoms. The van der Waals surface area contributed by atoms with Gasteiger partial charge in [-0.25, -0.2) is 4.79 Å². The minimum atomic E-state index is -0.783. The molecule has 0 aliphatic carbocycles. The number of allylic oxidation sites excluding steroid dienone is 2. The third kappa shape index (κ3) is 5.86. The molecular weight excluding hydrogens is 368 g/mol. The molecule has 0 N–H and O–H groups in total. The van der Waals surface area contributed by atoms with Crippen LogP contribution in [-0.2, 0) is 9.53 Å². The third-order valence-corrected chi connectivity index (χ3v) is 2.87. The highest BCUT2D eigenvalue weighted by molar-refractivity contribution is 9.25. The summed E-state index contributed by atoms with van der Waals surface area (Å²) in [6.07, 6.45) is 4.38. The Morgan fingerprint density at radius 2 is 2.08 bits per heavy atom. The van der Waals surface area contributed by atoms with Gasteiger partial charge >= 0.3 is 5.97 Å². The topological polar surface area (TPSA) is 26.3 Å². The van der Waals surface area contributed by atoms with E-state index in [-0.39, 0.29) is 5.97 Å². The zero-order chi connectivity index (χ0) is 10.3. The van der Waals surface area contributed by atoms with Crippen LogP contribution in [0, 0.1) is 0 Å². The fraction of sp³-hybridized carbons (Fsp3) is 0.625. The van der Waals surface area contributed by atoms with Gasteiger partial charge in [0.2, 0.25) is 0 Å². The number of carbonyl (C=O) groups is 1. The lowest BCUT2D eigenvalue weighted by atomic mass is 10.3. The molecule has 0 aromatic carbocycles. The molecule has 2 nitrogen and oxygen atoms in total. The monoisotopic (exact) mass is 376 g/mol. The smallest absolute Gasteiger partial charge is 0.334 e. The number of rotatable bonds is 5. The van der Waals surface area contributed by atoms with E-state index >= 15 is 0 Å². The summed E-state index contributed by atoms with van der Waals surface area (Å²) in [6, 6.07) is 0. The van der Waals surface area contributed by atoms with Crippen molar-refractivity contribution < 1.29 is 9.53 Å². The molecule has 0 atom stereocenters. The van der Waals surface area contributed by atoms with Crippen LogP contribution in [0.25, 0.3) is 0 Å². The Kier molecular flexibility index (Phi) is 7.36. The minimum absolute atomic E-state index is 0.297. The second-order valence-corrected chi connectivity index (χ2v) is 6.67. The lowest BCUT2D eigenvalue weighted by Gasteiger charge is -2.15. The van der Waals surface area contributed by atoms with E-state index in [1.165, 1.54) is 0 Å². The maximum atomic E-state index is 11.3. The Labute approximate surface area is 103 Å². The van der Waals surface area contributed by atoms with E-state index in [4.69, 9.17) is 4.74 Å². The molecule has 0 aliphatic rings. The van der Waals surface area contributed by atoms with Crippen LogP contribution in [0.2, 0.25) is 0 Å². The second-order valence-electron chi connectivity index (χ2n) is 2.25. The highest BCUT2D eigenvalue weighted by atomic mass is 79.9. The average molecular weight is 379 g/mol. The summed E-state index contributed by atoms with van der Waals surface area (Å²) < 4.78 is 4.08. The van der Waals surface area contributed by atoms with E-state index in [1.54, 1.807) is 6.92 Å². The number of hydrogen-bond acceptors (Lipinski definition) is 2. The van der Waals surface area contributed by atoms with Crippen molar-refractivity contribution >= 4 is 53.8 Å². The van der Waals surface area contributed by atoms with E-state index in [1.807, 2.05) is 12.2 Å². The molecule has 0 bridgehead atoms. The highest BCUT2D eigenvalue weighted by Crippen LogP contribution is 2.32. The van der Waals surface area contributed by atoms with Crippen molar-refractivity contribution in [1.82, 2.24) is 0 Å². The molecule has 13 heavy (non-hydrogen) atoms. The van der Waals surface area contributed by atoms with Gasteiger partial charge < -0.3 is 4.74 Å². The van der Waals surface area contributed by atoms with Crippen LogP contribution in [0.5, 0.6) is 0 Å². The van der Waals surface area contributed by atoms with E-state index < -0.39 is 3.23 Å². The molecule has 0 aliphatic heterocycles. The van der Waals surface area contributed by atoms with E-state index in [2.05, 4.69) is 47.8 Å². The number of hydrogen-bond donors (Lipinski definition) is 0. The molecule has 0 spiro atoms. The van der Waals surface area contributed by atoms with E-state index in [0.717, 1.165) is 5.33 Å². The van der Waals surface area contributed by atoms with E-state index in [9.17, 15) is 4.79 Å². The van der Waals surface area contributed by atoms with Crippen molar-refractivity contribution in [2.24, 2.45) is 0 Å². The molecule has 0 saturated heterocycles. The Morgan fingerprint density at radius 3 is 2.54 bits per heavy atom. The summed E-state index contributed by atoms with van der Waals surface area (Å²) >= 11 is 9.76. The quantitative estimate of drug-likeness (QED) is 0.416. The molecule has 0 fully saturated rings. The van der Waals surface area contributed by atoms with Crippen LogP contribution in [0.1, 0.15) is 13.3 Å². The average Bonchev–Trinajstić information content (AvgIpc) is 2.05. The minimum Gasteiger partial charge on any atom is -0.464 e. The number of halogens is 3. The largest absolute Gasteiger partial charge is 0.464 e. The van der Waals surface area contributed by atoms with Crippen LogP contribution in [0.15, 0.2) is 12.2 Å². The SMILES string of the molecule is CCOC(=O)C(Br)(Br)C/C=C/CBr. The van der Waals surface area contributed by atoms with Gasteiger partial charge in [-0.3, -0.25) is 0 Å². The summed E-state index contributed by atoms with van der Waals surface area (Å²) in [4.78, 5) is 11.3. The van der Waals surface area contributed by atoms with Crippen LogP contribution in [0.4, 0.5) is 0 Å². The predicted octanol–water partition coefficient (Wildman–Crippen LogP) is 3.38. The molecule has 0 aromatic heterocycles.